The summed E-state index contributed by atoms with van der Waals surface area (Å²) in [5.74, 6) is 0.917. The summed E-state index contributed by atoms with van der Waals surface area (Å²) in [6, 6.07) is 1.92. The van der Waals surface area contributed by atoms with Gasteiger partial charge in [-0.1, -0.05) is 11.6 Å². The van der Waals surface area contributed by atoms with Gasteiger partial charge in [-0.15, -0.1) is 24.0 Å². The standard InChI is InChI=1S/C14H25ClN4O2S.HI/c1-5-16-14(17-7-6-8-22(4,20)21)19(3)11-13-9-12(15)10-18(13)2;/h9-10H,5-8,11H2,1-4H3,(H,16,17);1H. The van der Waals surface area contributed by atoms with Gasteiger partial charge in [-0.05, 0) is 19.4 Å². The number of rotatable bonds is 7. The minimum Gasteiger partial charge on any atom is -0.357 e. The second-order valence-electron chi connectivity index (χ2n) is 5.34. The van der Waals surface area contributed by atoms with E-state index in [1.807, 2.05) is 42.7 Å². The van der Waals surface area contributed by atoms with E-state index in [2.05, 4.69) is 10.3 Å². The molecule has 0 aliphatic rings. The Morgan fingerprint density at radius 2 is 2.13 bits per heavy atom. The van der Waals surface area contributed by atoms with Crippen LogP contribution in [-0.2, 0) is 23.4 Å². The number of nitrogens with zero attached hydrogens (tertiary/aromatic N) is 3. The number of aryl methyl sites for hydroxylation is 1. The highest BCUT2D eigenvalue weighted by molar-refractivity contribution is 14.0. The maximum atomic E-state index is 11.1. The van der Waals surface area contributed by atoms with Crippen LogP contribution >= 0.6 is 35.6 Å². The zero-order chi connectivity index (χ0) is 16.8. The summed E-state index contributed by atoms with van der Waals surface area (Å²) < 4.78 is 24.2. The number of sulfone groups is 1. The first-order valence-electron chi connectivity index (χ1n) is 7.21. The van der Waals surface area contributed by atoms with E-state index in [4.69, 9.17) is 11.6 Å². The van der Waals surface area contributed by atoms with Crippen molar-refractivity contribution < 1.29 is 8.42 Å². The summed E-state index contributed by atoms with van der Waals surface area (Å²) >= 11 is 5.99. The third-order valence-corrected chi connectivity index (χ3v) is 4.34. The largest absolute Gasteiger partial charge is 0.357 e. The van der Waals surface area contributed by atoms with Gasteiger partial charge in [0.25, 0.3) is 0 Å². The molecule has 0 bridgehead atoms. The SMILES string of the molecule is CCNC(=NCCCS(C)(=O)=O)N(C)Cc1cc(Cl)cn1C.I. The van der Waals surface area contributed by atoms with Crippen molar-refractivity contribution in [3.05, 3.63) is 23.0 Å². The molecule has 1 aromatic heterocycles. The van der Waals surface area contributed by atoms with E-state index in [0.29, 0.717) is 24.5 Å². The van der Waals surface area contributed by atoms with Crippen molar-refractivity contribution >= 4 is 51.4 Å². The van der Waals surface area contributed by atoms with Gasteiger partial charge in [-0.2, -0.15) is 0 Å². The van der Waals surface area contributed by atoms with Gasteiger partial charge in [0.1, 0.15) is 9.84 Å². The first-order chi connectivity index (χ1) is 10.2. The van der Waals surface area contributed by atoms with Crippen molar-refractivity contribution in [2.24, 2.45) is 12.0 Å². The summed E-state index contributed by atoms with van der Waals surface area (Å²) in [6.45, 7) is 3.90. The quantitative estimate of drug-likeness (QED) is 0.283. The molecule has 1 aromatic rings. The highest BCUT2D eigenvalue weighted by Crippen LogP contribution is 2.14. The van der Waals surface area contributed by atoms with Crippen molar-refractivity contribution in [3.8, 4) is 0 Å². The van der Waals surface area contributed by atoms with E-state index in [1.165, 1.54) is 6.26 Å². The molecule has 0 atom stereocenters. The van der Waals surface area contributed by atoms with Crippen LogP contribution in [0, 0.1) is 0 Å². The van der Waals surface area contributed by atoms with Gasteiger partial charge in [0.05, 0.1) is 17.3 Å². The fourth-order valence-corrected chi connectivity index (χ4v) is 2.95. The molecule has 23 heavy (non-hydrogen) atoms. The molecule has 0 spiro atoms. The summed E-state index contributed by atoms with van der Waals surface area (Å²) in [5.41, 5.74) is 1.08. The lowest BCUT2D eigenvalue weighted by Gasteiger charge is -2.22. The predicted molar refractivity (Wildman–Crippen MR) is 108 cm³/mol. The Labute approximate surface area is 161 Å². The molecular formula is C14H26ClIN4O2S. The molecule has 1 N–H and O–H groups in total. The molecule has 0 aliphatic carbocycles. The maximum Gasteiger partial charge on any atom is 0.194 e. The maximum absolute atomic E-state index is 11.1. The zero-order valence-electron chi connectivity index (χ0n) is 14.0. The van der Waals surface area contributed by atoms with E-state index >= 15 is 0 Å². The van der Waals surface area contributed by atoms with E-state index in [1.54, 1.807) is 0 Å². The molecule has 0 unspecified atom stereocenters. The summed E-state index contributed by atoms with van der Waals surface area (Å²) in [5, 5.41) is 3.92. The van der Waals surface area contributed by atoms with Crippen molar-refractivity contribution in [1.29, 1.82) is 0 Å². The van der Waals surface area contributed by atoms with Crippen LogP contribution in [0.25, 0.3) is 0 Å². The Kier molecular flexibility index (Phi) is 10.2. The van der Waals surface area contributed by atoms with Gasteiger partial charge >= 0.3 is 0 Å². The average Bonchev–Trinajstić information content (AvgIpc) is 2.70. The third-order valence-electron chi connectivity index (χ3n) is 3.10. The van der Waals surface area contributed by atoms with Crippen molar-refractivity contribution in [1.82, 2.24) is 14.8 Å². The van der Waals surface area contributed by atoms with Gasteiger partial charge < -0.3 is 14.8 Å². The molecule has 1 rings (SSSR count). The van der Waals surface area contributed by atoms with Gasteiger partial charge in [0, 0.05) is 45.3 Å². The van der Waals surface area contributed by atoms with Crippen LogP contribution in [-0.4, -0.2) is 56.0 Å². The highest BCUT2D eigenvalue weighted by atomic mass is 127. The fraction of sp³-hybridized carbons (Fsp3) is 0.643. The number of hydrogen-bond donors (Lipinski definition) is 1. The van der Waals surface area contributed by atoms with Crippen LogP contribution < -0.4 is 5.32 Å². The lowest BCUT2D eigenvalue weighted by molar-refractivity contribution is 0.462. The number of nitrogens with one attached hydrogen (secondary N) is 1. The lowest BCUT2D eigenvalue weighted by atomic mass is 10.4. The number of halogens is 2. The Morgan fingerprint density at radius 1 is 1.48 bits per heavy atom. The second-order valence-corrected chi connectivity index (χ2v) is 8.03. The van der Waals surface area contributed by atoms with Crippen molar-refractivity contribution in [2.45, 2.75) is 19.9 Å². The summed E-state index contributed by atoms with van der Waals surface area (Å²) in [6.07, 6.45) is 3.63. The van der Waals surface area contributed by atoms with Crippen LogP contribution in [0.1, 0.15) is 19.0 Å². The highest BCUT2D eigenvalue weighted by Gasteiger charge is 2.10. The van der Waals surface area contributed by atoms with Gasteiger partial charge in [0.15, 0.2) is 5.96 Å². The molecule has 0 saturated heterocycles. The topological polar surface area (TPSA) is 66.7 Å². The van der Waals surface area contributed by atoms with Crippen molar-refractivity contribution in [2.75, 3.05) is 32.1 Å². The monoisotopic (exact) mass is 476 g/mol. The molecule has 0 fully saturated rings. The average molecular weight is 477 g/mol. The molecule has 9 heteroatoms. The first-order valence-corrected chi connectivity index (χ1v) is 9.64. The van der Waals surface area contributed by atoms with Crippen LogP contribution in [0.3, 0.4) is 0 Å². The van der Waals surface area contributed by atoms with Gasteiger partial charge in [0.2, 0.25) is 0 Å². The summed E-state index contributed by atoms with van der Waals surface area (Å²) in [7, 11) is 0.966. The third kappa shape index (κ3) is 8.80. The Bertz CT molecular complexity index is 616. The molecule has 0 aliphatic heterocycles. The molecule has 0 amide bonds. The van der Waals surface area contributed by atoms with Crippen LogP contribution in [0.5, 0.6) is 0 Å². The van der Waals surface area contributed by atoms with Crippen LogP contribution in [0.15, 0.2) is 17.3 Å². The zero-order valence-corrected chi connectivity index (χ0v) is 17.9. The Balaban J connectivity index is 0.00000484. The minimum absolute atomic E-state index is 0. The number of hydrogen-bond acceptors (Lipinski definition) is 3. The van der Waals surface area contributed by atoms with Crippen molar-refractivity contribution in [3.63, 3.8) is 0 Å². The molecule has 6 nitrogen and oxygen atoms in total. The number of aliphatic imine (C=N–C) groups is 1. The molecule has 0 radical (unpaired) electrons. The van der Waals surface area contributed by atoms with Crippen LogP contribution in [0.4, 0.5) is 0 Å². The first kappa shape index (κ1) is 22.5. The normalized spacial score (nSPS) is 12.0. The molecule has 1 heterocycles. The molecule has 0 aromatic carbocycles. The Hall–Kier alpha value is -0.480. The smallest absolute Gasteiger partial charge is 0.194 e. The number of guanidine groups is 1. The van der Waals surface area contributed by atoms with Crippen LogP contribution in [0.2, 0.25) is 5.02 Å². The van der Waals surface area contributed by atoms with E-state index in [-0.39, 0.29) is 29.7 Å². The molecule has 134 valence electrons. The second kappa shape index (κ2) is 10.4. The lowest BCUT2D eigenvalue weighted by Crippen LogP contribution is -2.39. The molecular weight excluding hydrogens is 451 g/mol. The Morgan fingerprint density at radius 3 is 2.61 bits per heavy atom. The van der Waals surface area contributed by atoms with Gasteiger partial charge in [-0.25, -0.2) is 8.42 Å². The fourth-order valence-electron chi connectivity index (χ4n) is 2.02. The van der Waals surface area contributed by atoms with E-state index in [0.717, 1.165) is 18.2 Å². The minimum atomic E-state index is -2.93. The number of aromatic nitrogens is 1. The summed E-state index contributed by atoms with van der Waals surface area (Å²) in [4.78, 5) is 6.47. The molecule has 0 saturated carbocycles. The predicted octanol–water partition coefficient (Wildman–Crippen LogP) is 2.13. The van der Waals surface area contributed by atoms with E-state index < -0.39 is 9.84 Å². The van der Waals surface area contributed by atoms with E-state index in [9.17, 15) is 8.42 Å². The van der Waals surface area contributed by atoms with Gasteiger partial charge in [-0.3, -0.25) is 4.99 Å².